The van der Waals surface area contributed by atoms with E-state index in [0.29, 0.717) is 12.2 Å². The number of rotatable bonds is 8. The van der Waals surface area contributed by atoms with Gasteiger partial charge in [0.1, 0.15) is 0 Å². The van der Waals surface area contributed by atoms with Crippen LogP contribution in [0.15, 0.2) is 24.3 Å². The molecule has 0 bridgehead atoms. The molecule has 22 heavy (non-hydrogen) atoms. The third-order valence-corrected chi connectivity index (χ3v) is 5.29. The maximum absolute atomic E-state index is 12.9. The van der Waals surface area contributed by atoms with Crippen LogP contribution in [0.2, 0.25) is 5.02 Å². The molecular weight excluding hydrogens is 294 g/mol. The van der Waals surface area contributed by atoms with Gasteiger partial charge in [0.05, 0.1) is 6.04 Å². The molecule has 1 aromatic carbocycles. The van der Waals surface area contributed by atoms with Crippen LogP contribution >= 0.6 is 11.6 Å². The smallest absolute Gasteiger partial charge is 0.150 e. The normalized spacial score (nSPS) is 18.0. The molecule has 3 heteroatoms. The summed E-state index contributed by atoms with van der Waals surface area (Å²) in [5.41, 5.74) is 1.25. The molecule has 0 amide bonds. The summed E-state index contributed by atoms with van der Waals surface area (Å²) < 4.78 is 0. The Hall–Kier alpha value is -0.860. The van der Waals surface area contributed by atoms with E-state index in [9.17, 15) is 4.79 Å². The number of carbonyl (C=O) groups excluding carboxylic acids is 1. The van der Waals surface area contributed by atoms with Crippen molar-refractivity contribution in [3.8, 4) is 0 Å². The van der Waals surface area contributed by atoms with Crippen LogP contribution in [-0.2, 0) is 10.2 Å². The van der Waals surface area contributed by atoms with Crippen LogP contribution in [0.4, 0.5) is 0 Å². The van der Waals surface area contributed by atoms with E-state index in [4.69, 9.17) is 11.6 Å². The average Bonchev–Trinajstić information content (AvgIpc) is 2.43. The largest absolute Gasteiger partial charge is 0.299 e. The summed E-state index contributed by atoms with van der Waals surface area (Å²) >= 11 is 6.03. The molecule has 0 spiro atoms. The average molecular weight is 322 g/mol. The van der Waals surface area contributed by atoms with Crippen molar-refractivity contribution in [2.45, 2.75) is 63.3 Å². The van der Waals surface area contributed by atoms with E-state index in [-0.39, 0.29) is 11.5 Å². The molecule has 0 N–H and O–H groups in total. The van der Waals surface area contributed by atoms with E-state index in [1.165, 1.54) is 12.0 Å². The molecule has 0 heterocycles. The first-order valence-electron chi connectivity index (χ1n) is 8.46. The molecule has 0 aliphatic heterocycles. The van der Waals surface area contributed by atoms with Crippen molar-refractivity contribution in [2.24, 2.45) is 0 Å². The molecular formula is C19H28ClNO. The zero-order valence-corrected chi connectivity index (χ0v) is 14.8. The van der Waals surface area contributed by atoms with Crippen molar-refractivity contribution in [2.75, 3.05) is 14.1 Å². The van der Waals surface area contributed by atoms with E-state index in [2.05, 4.69) is 24.0 Å². The summed E-state index contributed by atoms with van der Waals surface area (Å²) in [6.07, 6.45) is 7.40. The molecule has 2 rings (SSSR count). The van der Waals surface area contributed by atoms with Crippen LogP contribution in [-0.4, -0.2) is 30.8 Å². The third-order valence-electron chi connectivity index (χ3n) is 5.04. The van der Waals surface area contributed by atoms with Crippen molar-refractivity contribution in [1.82, 2.24) is 4.90 Å². The number of benzene rings is 1. The van der Waals surface area contributed by atoms with Gasteiger partial charge in [0.15, 0.2) is 5.78 Å². The summed E-state index contributed by atoms with van der Waals surface area (Å²) in [5, 5.41) is 0.758. The lowest BCUT2D eigenvalue weighted by atomic mass is 9.58. The van der Waals surface area contributed by atoms with Crippen LogP contribution in [0.1, 0.15) is 57.4 Å². The molecule has 0 saturated heterocycles. The van der Waals surface area contributed by atoms with Gasteiger partial charge in [-0.1, -0.05) is 49.9 Å². The molecule has 0 aromatic heterocycles. The number of ketones is 1. The highest BCUT2D eigenvalue weighted by Gasteiger charge is 2.49. The van der Waals surface area contributed by atoms with Gasteiger partial charge >= 0.3 is 0 Å². The lowest BCUT2D eigenvalue weighted by Gasteiger charge is -2.50. The van der Waals surface area contributed by atoms with Crippen molar-refractivity contribution in [3.63, 3.8) is 0 Å². The minimum Gasteiger partial charge on any atom is -0.299 e. The second-order valence-electron chi connectivity index (χ2n) is 6.81. The highest BCUT2D eigenvalue weighted by Crippen LogP contribution is 2.48. The molecule has 1 aliphatic carbocycles. The van der Waals surface area contributed by atoms with Crippen LogP contribution in [0.3, 0.4) is 0 Å². The summed E-state index contributed by atoms with van der Waals surface area (Å²) in [6.45, 7) is 2.18. The monoisotopic (exact) mass is 321 g/mol. The van der Waals surface area contributed by atoms with Crippen LogP contribution < -0.4 is 0 Å². The van der Waals surface area contributed by atoms with Gasteiger partial charge in [-0.15, -0.1) is 0 Å². The Morgan fingerprint density at radius 1 is 1.23 bits per heavy atom. The fourth-order valence-electron chi connectivity index (χ4n) is 3.84. The number of unbranched alkanes of at least 4 members (excludes halogenated alkanes) is 2. The van der Waals surface area contributed by atoms with Crippen LogP contribution in [0.5, 0.6) is 0 Å². The van der Waals surface area contributed by atoms with Gasteiger partial charge in [0.25, 0.3) is 0 Å². The minimum atomic E-state index is -0.0165. The Balaban J connectivity index is 2.24. The fourth-order valence-corrected chi connectivity index (χ4v) is 3.96. The zero-order chi connectivity index (χ0) is 16.2. The Morgan fingerprint density at radius 3 is 2.32 bits per heavy atom. The highest BCUT2D eigenvalue weighted by atomic mass is 35.5. The molecule has 0 radical (unpaired) electrons. The molecule has 2 nitrogen and oxygen atoms in total. The lowest BCUT2D eigenvalue weighted by Crippen LogP contribution is -2.56. The molecule has 122 valence electrons. The number of halogens is 1. The van der Waals surface area contributed by atoms with Crippen molar-refractivity contribution in [1.29, 1.82) is 0 Å². The number of carbonyl (C=O) groups is 1. The van der Waals surface area contributed by atoms with Crippen molar-refractivity contribution in [3.05, 3.63) is 34.9 Å². The Bertz CT molecular complexity index is 491. The predicted octanol–water partition coefficient (Wildman–Crippen LogP) is 4.84. The van der Waals surface area contributed by atoms with E-state index in [1.807, 2.05) is 26.2 Å². The van der Waals surface area contributed by atoms with Gasteiger partial charge in [-0.3, -0.25) is 9.69 Å². The second kappa shape index (κ2) is 7.61. The van der Waals surface area contributed by atoms with Gasteiger partial charge in [0, 0.05) is 16.9 Å². The number of hydrogen-bond donors (Lipinski definition) is 0. The first-order valence-corrected chi connectivity index (χ1v) is 8.84. The van der Waals surface area contributed by atoms with Gasteiger partial charge < -0.3 is 0 Å². The van der Waals surface area contributed by atoms with E-state index in [1.54, 1.807) is 0 Å². The Labute approximate surface area is 139 Å². The number of hydrogen-bond acceptors (Lipinski definition) is 2. The minimum absolute atomic E-state index is 0.0146. The maximum Gasteiger partial charge on any atom is 0.150 e. The maximum atomic E-state index is 12.9. The van der Waals surface area contributed by atoms with E-state index in [0.717, 1.165) is 37.1 Å². The standard InChI is InChI=1S/C19H28ClNO/c1-4-5-6-8-17(22)18(21(2)3)19(13-7-14-19)15-9-11-16(20)12-10-15/h9-12,18H,4-8,13-14H2,1-3H3. The zero-order valence-electron chi connectivity index (χ0n) is 14.1. The number of Topliss-reactive ketones (excluding diaryl/α,β-unsaturated/α-hetero) is 1. The van der Waals surface area contributed by atoms with Crippen molar-refractivity contribution < 1.29 is 4.79 Å². The van der Waals surface area contributed by atoms with Gasteiger partial charge in [0.2, 0.25) is 0 Å². The lowest BCUT2D eigenvalue weighted by molar-refractivity contribution is -0.127. The van der Waals surface area contributed by atoms with Crippen molar-refractivity contribution >= 4 is 17.4 Å². The van der Waals surface area contributed by atoms with Crippen LogP contribution in [0.25, 0.3) is 0 Å². The van der Waals surface area contributed by atoms with E-state index < -0.39 is 0 Å². The van der Waals surface area contributed by atoms with Gasteiger partial charge in [-0.05, 0) is 51.1 Å². The first kappa shape index (κ1) is 17.5. The summed E-state index contributed by atoms with van der Waals surface area (Å²) in [5.74, 6) is 0.396. The first-order chi connectivity index (χ1) is 10.5. The predicted molar refractivity (Wildman–Crippen MR) is 93.6 cm³/mol. The van der Waals surface area contributed by atoms with Gasteiger partial charge in [-0.25, -0.2) is 0 Å². The molecule has 1 atom stereocenters. The summed E-state index contributed by atoms with van der Waals surface area (Å²) in [7, 11) is 4.08. The summed E-state index contributed by atoms with van der Waals surface area (Å²) in [6, 6.07) is 8.10. The van der Waals surface area contributed by atoms with Crippen LogP contribution in [0, 0.1) is 0 Å². The highest BCUT2D eigenvalue weighted by molar-refractivity contribution is 6.30. The Morgan fingerprint density at radius 2 is 1.86 bits per heavy atom. The molecule has 1 fully saturated rings. The molecule has 1 unspecified atom stereocenters. The quantitative estimate of drug-likeness (QED) is 0.638. The molecule has 1 saturated carbocycles. The van der Waals surface area contributed by atoms with Gasteiger partial charge in [-0.2, -0.15) is 0 Å². The number of nitrogens with zero attached hydrogens (tertiary/aromatic N) is 1. The molecule has 1 aromatic rings. The molecule has 1 aliphatic rings. The topological polar surface area (TPSA) is 20.3 Å². The number of likely N-dealkylation sites (N-methyl/N-ethyl adjacent to an activating group) is 1. The third kappa shape index (κ3) is 3.55. The second-order valence-corrected chi connectivity index (χ2v) is 7.24. The summed E-state index contributed by atoms with van der Waals surface area (Å²) in [4.78, 5) is 15.0. The van der Waals surface area contributed by atoms with E-state index >= 15 is 0 Å². The SMILES string of the molecule is CCCCCC(=O)C(N(C)C)C1(c2ccc(Cl)cc2)CCC1. The Kier molecular flexibility index (Phi) is 6.05. The fraction of sp³-hybridized carbons (Fsp3) is 0.632.